The Kier molecular flexibility index (Phi) is 6.97. The van der Waals surface area contributed by atoms with E-state index < -0.39 is 12.4 Å². The minimum Gasteiger partial charge on any atom is -0.387 e. The molecule has 5 heteroatoms. The molecule has 1 unspecified atom stereocenters. The molecule has 1 atom stereocenters. The molecule has 0 heterocycles. The summed E-state index contributed by atoms with van der Waals surface area (Å²) in [4.78, 5) is 0. The fourth-order valence-corrected chi connectivity index (χ4v) is 2.09. The smallest absolute Gasteiger partial charge is 0.183 e. The van der Waals surface area contributed by atoms with Crippen LogP contribution >= 0.6 is 23.2 Å². The van der Waals surface area contributed by atoms with Gasteiger partial charge in [0.2, 0.25) is 0 Å². The maximum Gasteiger partial charge on any atom is 0.183 e. The van der Waals surface area contributed by atoms with Gasteiger partial charge in [0.05, 0.1) is 0 Å². The average Bonchev–Trinajstić information content (AvgIpc) is 2.32. The Bertz CT molecular complexity index is 365. The zero-order chi connectivity index (χ0) is 13.5. The van der Waals surface area contributed by atoms with Crippen LogP contribution in [0.25, 0.3) is 0 Å². The predicted octanol–water partition coefficient (Wildman–Crippen LogP) is 3.30. The van der Waals surface area contributed by atoms with E-state index >= 15 is 0 Å². The molecule has 0 amide bonds. The van der Waals surface area contributed by atoms with E-state index in [-0.39, 0.29) is 0 Å². The van der Waals surface area contributed by atoms with Crippen LogP contribution in [0.4, 0.5) is 0 Å². The number of rotatable bonds is 7. The number of aliphatic hydroxyl groups is 1. The predicted molar refractivity (Wildman–Crippen MR) is 73.2 cm³/mol. The molecule has 0 radical (unpaired) electrons. The largest absolute Gasteiger partial charge is 0.387 e. The number of hydrogen-bond donors (Lipinski definition) is 1. The number of aliphatic hydroxyl groups excluding tert-OH is 1. The molecular weight excluding hydrogens is 275 g/mol. The van der Waals surface area contributed by atoms with Crippen LogP contribution in [0.3, 0.4) is 0 Å². The minimum atomic E-state index is -0.761. The first kappa shape index (κ1) is 15.7. The lowest BCUT2D eigenvalue weighted by atomic mass is 10.1. The summed E-state index contributed by atoms with van der Waals surface area (Å²) >= 11 is 11.9. The number of ether oxygens (including phenoxy) is 2. The van der Waals surface area contributed by atoms with Gasteiger partial charge < -0.3 is 14.6 Å². The Hall–Kier alpha value is -0.320. The lowest BCUT2D eigenvalue weighted by molar-refractivity contribution is -0.188. The Morgan fingerprint density at radius 3 is 2.28 bits per heavy atom. The number of halogens is 2. The highest BCUT2D eigenvalue weighted by Gasteiger charge is 2.21. The van der Waals surface area contributed by atoms with Crippen LogP contribution in [-0.2, 0) is 15.9 Å². The van der Waals surface area contributed by atoms with E-state index in [9.17, 15) is 5.11 Å². The zero-order valence-corrected chi connectivity index (χ0v) is 12.0. The van der Waals surface area contributed by atoms with E-state index in [1.54, 1.807) is 18.2 Å². The van der Waals surface area contributed by atoms with Crippen LogP contribution in [0.2, 0.25) is 10.0 Å². The molecule has 0 aliphatic heterocycles. The van der Waals surface area contributed by atoms with Gasteiger partial charge >= 0.3 is 0 Å². The molecule has 1 rings (SSSR count). The summed E-state index contributed by atoms with van der Waals surface area (Å²) in [6.07, 6.45) is -1.03. The molecule has 1 aromatic carbocycles. The Labute approximate surface area is 118 Å². The lowest BCUT2D eigenvalue weighted by Crippen LogP contribution is -2.33. The third-order valence-corrected chi connectivity index (χ3v) is 3.01. The van der Waals surface area contributed by atoms with Crippen molar-refractivity contribution in [3.05, 3.63) is 33.8 Å². The molecule has 0 saturated heterocycles. The van der Waals surface area contributed by atoms with Crippen molar-refractivity contribution in [3.8, 4) is 0 Å². The van der Waals surface area contributed by atoms with E-state index in [1.807, 2.05) is 13.8 Å². The molecule has 0 bridgehead atoms. The molecule has 102 valence electrons. The summed E-state index contributed by atoms with van der Waals surface area (Å²) in [5.41, 5.74) is 0.818. The van der Waals surface area contributed by atoms with Crippen molar-refractivity contribution < 1.29 is 14.6 Å². The molecule has 0 aromatic heterocycles. The summed E-state index contributed by atoms with van der Waals surface area (Å²) in [6.45, 7) is 4.67. The minimum absolute atomic E-state index is 0.362. The molecule has 0 spiro atoms. The highest BCUT2D eigenvalue weighted by Crippen LogP contribution is 2.23. The van der Waals surface area contributed by atoms with Gasteiger partial charge in [0, 0.05) is 29.7 Å². The third-order valence-electron chi connectivity index (χ3n) is 2.42. The van der Waals surface area contributed by atoms with Crippen molar-refractivity contribution in [2.75, 3.05) is 13.2 Å². The Morgan fingerprint density at radius 2 is 1.78 bits per heavy atom. The maximum absolute atomic E-state index is 10.1. The lowest BCUT2D eigenvalue weighted by Gasteiger charge is -2.22. The molecule has 1 aromatic rings. The van der Waals surface area contributed by atoms with E-state index in [2.05, 4.69) is 0 Å². The summed E-state index contributed by atoms with van der Waals surface area (Å²) in [6, 6.07) is 5.19. The second kappa shape index (κ2) is 7.97. The van der Waals surface area contributed by atoms with Crippen LogP contribution in [0.15, 0.2) is 18.2 Å². The molecule has 18 heavy (non-hydrogen) atoms. The zero-order valence-electron chi connectivity index (χ0n) is 10.5. The first-order chi connectivity index (χ1) is 8.58. The Morgan fingerprint density at radius 1 is 1.17 bits per heavy atom. The quantitative estimate of drug-likeness (QED) is 0.784. The fraction of sp³-hybridized carbons (Fsp3) is 0.538. The van der Waals surface area contributed by atoms with Gasteiger partial charge in [-0.05, 0) is 31.5 Å². The normalized spacial score (nSPS) is 13.0. The first-order valence-electron chi connectivity index (χ1n) is 5.93. The van der Waals surface area contributed by atoms with E-state index in [0.717, 1.165) is 5.56 Å². The monoisotopic (exact) mass is 292 g/mol. The summed E-state index contributed by atoms with van der Waals surface area (Å²) in [7, 11) is 0. The van der Waals surface area contributed by atoms with Gasteiger partial charge in [-0.25, -0.2) is 0 Å². The average molecular weight is 293 g/mol. The van der Waals surface area contributed by atoms with Gasteiger partial charge in [0.25, 0.3) is 0 Å². The summed E-state index contributed by atoms with van der Waals surface area (Å²) in [5.74, 6) is 0. The van der Waals surface area contributed by atoms with Crippen molar-refractivity contribution in [1.82, 2.24) is 0 Å². The molecule has 0 aliphatic carbocycles. The van der Waals surface area contributed by atoms with Crippen molar-refractivity contribution in [3.63, 3.8) is 0 Å². The van der Waals surface area contributed by atoms with Gasteiger partial charge in [-0.2, -0.15) is 0 Å². The van der Waals surface area contributed by atoms with E-state index in [1.165, 1.54) is 0 Å². The SMILES string of the molecule is CCOC(OCC)C(O)Cc1ccc(Cl)cc1Cl. The topological polar surface area (TPSA) is 38.7 Å². The molecular formula is C13H18Cl2O3. The van der Waals surface area contributed by atoms with Gasteiger partial charge in [-0.15, -0.1) is 0 Å². The van der Waals surface area contributed by atoms with Crippen LogP contribution in [0.1, 0.15) is 19.4 Å². The number of hydrogen-bond acceptors (Lipinski definition) is 3. The second-order valence-corrected chi connectivity index (χ2v) is 4.63. The van der Waals surface area contributed by atoms with E-state index in [0.29, 0.717) is 29.7 Å². The summed E-state index contributed by atoms with van der Waals surface area (Å²) in [5, 5.41) is 11.2. The fourth-order valence-electron chi connectivity index (χ4n) is 1.61. The summed E-state index contributed by atoms with van der Waals surface area (Å²) < 4.78 is 10.7. The molecule has 1 N–H and O–H groups in total. The van der Waals surface area contributed by atoms with Crippen molar-refractivity contribution >= 4 is 23.2 Å². The molecule has 0 aliphatic rings. The van der Waals surface area contributed by atoms with Gasteiger partial charge in [-0.1, -0.05) is 29.3 Å². The highest BCUT2D eigenvalue weighted by molar-refractivity contribution is 6.35. The number of benzene rings is 1. The van der Waals surface area contributed by atoms with Gasteiger partial charge in [0.1, 0.15) is 6.10 Å². The standard InChI is InChI=1S/C13H18Cl2O3/c1-3-17-13(18-4-2)12(16)7-9-5-6-10(14)8-11(9)15/h5-6,8,12-13,16H,3-4,7H2,1-2H3. The van der Waals surface area contributed by atoms with Crippen LogP contribution < -0.4 is 0 Å². The third kappa shape index (κ3) is 4.75. The molecule has 0 fully saturated rings. The van der Waals surface area contributed by atoms with Crippen molar-refractivity contribution in [2.45, 2.75) is 32.7 Å². The molecule has 3 nitrogen and oxygen atoms in total. The second-order valence-electron chi connectivity index (χ2n) is 3.79. The van der Waals surface area contributed by atoms with Crippen molar-refractivity contribution in [2.24, 2.45) is 0 Å². The Balaban J connectivity index is 2.69. The van der Waals surface area contributed by atoms with Gasteiger partial charge in [0.15, 0.2) is 6.29 Å². The van der Waals surface area contributed by atoms with Crippen LogP contribution in [0.5, 0.6) is 0 Å². The van der Waals surface area contributed by atoms with Crippen LogP contribution in [-0.4, -0.2) is 30.7 Å². The van der Waals surface area contributed by atoms with Crippen LogP contribution in [0, 0.1) is 0 Å². The van der Waals surface area contributed by atoms with E-state index in [4.69, 9.17) is 32.7 Å². The van der Waals surface area contributed by atoms with Gasteiger partial charge in [-0.3, -0.25) is 0 Å². The maximum atomic E-state index is 10.1. The molecule has 0 saturated carbocycles. The first-order valence-corrected chi connectivity index (χ1v) is 6.69. The van der Waals surface area contributed by atoms with Crippen molar-refractivity contribution in [1.29, 1.82) is 0 Å². The highest BCUT2D eigenvalue weighted by atomic mass is 35.5.